The Kier molecular flexibility index (Phi) is 7.59. The Morgan fingerprint density at radius 1 is 0.973 bits per heavy atom. The molecule has 2 atom stereocenters. The molecule has 4 aromatic rings. The van der Waals surface area contributed by atoms with Crippen molar-refractivity contribution in [1.82, 2.24) is 10.3 Å². The summed E-state index contributed by atoms with van der Waals surface area (Å²) in [6.07, 6.45) is 3.62. The van der Waals surface area contributed by atoms with Crippen LogP contribution in [0.5, 0.6) is 5.75 Å². The highest BCUT2D eigenvalue weighted by Crippen LogP contribution is 2.48. The molecule has 2 unspecified atom stereocenters. The number of nitrogens with zero attached hydrogens (tertiary/aromatic N) is 2. The summed E-state index contributed by atoms with van der Waals surface area (Å²) in [5, 5.41) is 16.2. The van der Waals surface area contributed by atoms with Crippen molar-refractivity contribution in [3.8, 4) is 11.8 Å². The molecule has 37 heavy (non-hydrogen) atoms. The lowest BCUT2D eigenvalue weighted by atomic mass is 9.65. The van der Waals surface area contributed by atoms with E-state index in [-0.39, 0.29) is 17.7 Å². The molecule has 4 rings (SSSR count). The average molecular weight is 492 g/mol. The molecule has 5 heteroatoms. The SMILES string of the molecule is COc1ccccc1C(c1cccc2ccccc12)C(C#N)(Cc1cccnc1)C(=O)NCC(C)(C)C. The summed E-state index contributed by atoms with van der Waals surface area (Å²) >= 11 is 0. The van der Waals surface area contributed by atoms with Gasteiger partial charge in [0.05, 0.1) is 13.2 Å². The van der Waals surface area contributed by atoms with E-state index in [1.165, 1.54) is 0 Å². The lowest BCUT2D eigenvalue weighted by Gasteiger charge is -2.36. The number of aromatic nitrogens is 1. The molecule has 1 aromatic heterocycles. The summed E-state index contributed by atoms with van der Waals surface area (Å²) in [6, 6.07) is 28.1. The number of nitriles is 1. The number of methoxy groups -OCH3 is 1. The second kappa shape index (κ2) is 10.8. The number of nitrogens with one attached hydrogen (secondary N) is 1. The third kappa shape index (κ3) is 5.49. The molecule has 1 amide bonds. The molecule has 3 aromatic carbocycles. The highest BCUT2D eigenvalue weighted by Gasteiger charge is 2.49. The first-order chi connectivity index (χ1) is 17.8. The van der Waals surface area contributed by atoms with E-state index < -0.39 is 11.3 Å². The number of carbonyl (C=O) groups excluding carboxylic acids is 1. The van der Waals surface area contributed by atoms with E-state index in [1.54, 1.807) is 19.5 Å². The van der Waals surface area contributed by atoms with Gasteiger partial charge in [0.1, 0.15) is 5.75 Å². The van der Waals surface area contributed by atoms with Gasteiger partial charge < -0.3 is 10.1 Å². The zero-order valence-corrected chi connectivity index (χ0v) is 21.9. The van der Waals surface area contributed by atoms with Gasteiger partial charge in [0, 0.05) is 36.8 Å². The van der Waals surface area contributed by atoms with E-state index in [4.69, 9.17) is 4.74 Å². The summed E-state index contributed by atoms with van der Waals surface area (Å²) in [7, 11) is 1.62. The zero-order valence-electron chi connectivity index (χ0n) is 21.9. The maximum Gasteiger partial charge on any atom is 0.241 e. The fraction of sp³-hybridized carbons (Fsp3) is 0.281. The van der Waals surface area contributed by atoms with Gasteiger partial charge in [0.15, 0.2) is 5.41 Å². The second-order valence-electron chi connectivity index (χ2n) is 10.6. The van der Waals surface area contributed by atoms with Gasteiger partial charge in [0.25, 0.3) is 0 Å². The topological polar surface area (TPSA) is 75.0 Å². The molecular weight excluding hydrogens is 458 g/mol. The summed E-state index contributed by atoms with van der Waals surface area (Å²) in [6.45, 7) is 6.62. The van der Waals surface area contributed by atoms with Crippen molar-refractivity contribution < 1.29 is 9.53 Å². The van der Waals surface area contributed by atoms with Crippen LogP contribution in [-0.2, 0) is 11.2 Å². The molecule has 0 bridgehead atoms. The standard InChI is InChI=1S/C32H33N3O2/c1-31(2,3)22-35-30(36)32(21-33,19-23-11-10-18-34-20-23)29(27-15-7-8-17-28(27)37-4)26-16-9-13-24-12-5-6-14-25(24)26/h5-18,20,29H,19,22H2,1-4H3,(H,35,36). The van der Waals surface area contributed by atoms with Gasteiger partial charge in [-0.3, -0.25) is 9.78 Å². The fourth-order valence-electron chi connectivity index (χ4n) is 4.90. The molecule has 0 saturated carbocycles. The second-order valence-corrected chi connectivity index (χ2v) is 10.6. The Balaban J connectivity index is 2.03. The maximum atomic E-state index is 14.3. The van der Waals surface area contributed by atoms with E-state index in [1.807, 2.05) is 78.9 Å². The number of carbonyl (C=O) groups is 1. The highest BCUT2D eigenvalue weighted by molar-refractivity contribution is 5.92. The van der Waals surface area contributed by atoms with Crippen LogP contribution in [0.2, 0.25) is 0 Å². The van der Waals surface area contributed by atoms with Crippen LogP contribution < -0.4 is 10.1 Å². The molecule has 0 aliphatic rings. The van der Waals surface area contributed by atoms with Crippen LogP contribution >= 0.6 is 0 Å². The quantitative estimate of drug-likeness (QED) is 0.314. The molecule has 1 heterocycles. The van der Waals surface area contributed by atoms with Crippen molar-refractivity contribution in [2.75, 3.05) is 13.7 Å². The van der Waals surface area contributed by atoms with E-state index in [0.717, 1.165) is 27.5 Å². The molecule has 188 valence electrons. The smallest absolute Gasteiger partial charge is 0.241 e. The van der Waals surface area contributed by atoms with Gasteiger partial charge in [-0.1, -0.05) is 87.5 Å². The number of hydrogen-bond acceptors (Lipinski definition) is 4. The summed E-state index contributed by atoms with van der Waals surface area (Å²) in [5.41, 5.74) is 0.879. The van der Waals surface area contributed by atoms with E-state index in [0.29, 0.717) is 12.3 Å². The van der Waals surface area contributed by atoms with Gasteiger partial charge in [-0.25, -0.2) is 0 Å². The summed E-state index contributed by atoms with van der Waals surface area (Å²) in [4.78, 5) is 18.5. The fourth-order valence-corrected chi connectivity index (χ4v) is 4.90. The minimum Gasteiger partial charge on any atom is -0.496 e. The molecule has 0 aliphatic carbocycles. The molecule has 0 spiro atoms. The molecule has 0 aliphatic heterocycles. The Morgan fingerprint density at radius 2 is 1.68 bits per heavy atom. The summed E-state index contributed by atoms with van der Waals surface area (Å²) in [5.74, 6) is -0.285. The Bertz CT molecular complexity index is 1410. The minimum atomic E-state index is -1.48. The van der Waals surface area contributed by atoms with Crippen molar-refractivity contribution in [3.63, 3.8) is 0 Å². The van der Waals surface area contributed by atoms with Crippen molar-refractivity contribution in [3.05, 3.63) is 108 Å². The van der Waals surface area contributed by atoms with Gasteiger partial charge in [-0.15, -0.1) is 0 Å². The molecule has 1 N–H and O–H groups in total. The van der Waals surface area contributed by atoms with Crippen molar-refractivity contribution in [1.29, 1.82) is 5.26 Å². The largest absolute Gasteiger partial charge is 0.496 e. The van der Waals surface area contributed by atoms with Gasteiger partial charge in [0.2, 0.25) is 5.91 Å². The predicted octanol–water partition coefficient (Wildman–Crippen LogP) is 6.29. The predicted molar refractivity (Wildman–Crippen MR) is 147 cm³/mol. The van der Waals surface area contributed by atoms with Crippen LogP contribution in [-0.4, -0.2) is 24.5 Å². The monoisotopic (exact) mass is 491 g/mol. The number of hydrogen-bond donors (Lipinski definition) is 1. The Morgan fingerprint density at radius 3 is 2.38 bits per heavy atom. The van der Waals surface area contributed by atoms with Crippen LogP contribution in [0.1, 0.15) is 43.4 Å². The van der Waals surface area contributed by atoms with Crippen LogP contribution in [0, 0.1) is 22.2 Å². The first-order valence-electron chi connectivity index (χ1n) is 12.5. The minimum absolute atomic E-state index is 0.148. The Labute approximate surface area is 219 Å². The number of benzene rings is 3. The maximum absolute atomic E-state index is 14.3. The third-order valence-corrected chi connectivity index (χ3v) is 6.67. The van der Waals surface area contributed by atoms with Crippen molar-refractivity contribution >= 4 is 16.7 Å². The zero-order chi connectivity index (χ0) is 26.5. The molecule has 5 nitrogen and oxygen atoms in total. The lowest BCUT2D eigenvalue weighted by Crippen LogP contribution is -2.48. The number of para-hydroxylation sites is 1. The lowest BCUT2D eigenvalue weighted by molar-refractivity contribution is -0.129. The van der Waals surface area contributed by atoms with Crippen LogP contribution in [0.3, 0.4) is 0 Å². The van der Waals surface area contributed by atoms with E-state index >= 15 is 0 Å². The third-order valence-electron chi connectivity index (χ3n) is 6.67. The molecule has 0 fully saturated rings. The molecule has 0 radical (unpaired) electrons. The number of pyridine rings is 1. The molecule has 0 saturated heterocycles. The van der Waals surface area contributed by atoms with Crippen LogP contribution in [0.15, 0.2) is 91.3 Å². The number of fused-ring (bicyclic) bond motifs is 1. The number of rotatable bonds is 8. The normalized spacial score (nSPS) is 13.8. The average Bonchev–Trinajstić information content (AvgIpc) is 2.91. The van der Waals surface area contributed by atoms with Gasteiger partial charge in [-0.2, -0.15) is 5.26 Å². The Hall–Kier alpha value is -4.17. The van der Waals surface area contributed by atoms with Crippen molar-refractivity contribution in [2.24, 2.45) is 10.8 Å². The van der Waals surface area contributed by atoms with Crippen molar-refractivity contribution in [2.45, 2.75) is 33.1 Å². The number of ether oxygens (including phenoxy) is 1. The van der Waals surface area contributed by atoms with Gasteiger partial charge >= 0.3 is 0 Å². The number of amides is 1. The first kappa shape index (κ1) is 25.9. The highest BCUT2D eigenvalue weighted by atomic mass is 16.5. The van der Waals surface area contributed by atoms with E-state index in [2.05, 4.69) is 37.1 Å². The van der Waals surface area contributed by atoms with E-state index in [9.17, 15) is 10.1 Å². The van der Waals surface area contributed by atoms with Crippen LogP contribution in [0.25, 0.3) is 10.8 Å². The first-order valence-corrected chi connectivity index (χ1v) is 12.5. The summed E-state index contributed by atoms with van der Waals surface area (Å²) < 4.78 is 5.79. The van der Waals surface area contributed by atoms with Gasteiger partial charge in [-0.05, 0) is 39.4 Å². The molecular formula is C32H33N3O2. The van der Waals surface area contributed by atoms with Crippen LogP contribution in [0.4, 0.5) is 0 Å².